The second-order valence-electron chi connectivity index (χ2n) is 21.8. The van der Waals surface area contributed by atoms with E-state index in [1.807, 2.05) is 50.3 Å². The number of ether oxygens (including phenoxy) is 6. The zero-order valence-electron chi connectivity index (χ0n) is 50.0. The van der Waals surface area contributed by atoms with Gasteiger partial charge in [0, 0.05) is 44.8 Å². The van der Waals surface area contributed by atoms with Crippen LogP contribution in [-0.4, -0.2) is 129 Å². The van der Waals surface area contributed by atoms with Gasteiger partial charge in [0.05, 0.1) is 72.7 Å². The predicted octanol–water partition coefficient (Wildman–Crippen LogP) is 11.0. The first-order chi connectivity index (χ1) is 37.3. The molecule has 0 spiro atoms. The van der Waals surface area contributed by atoms with Gasteiger partial charge < -0.3 is 49.7 Å². The minimum Gasteiger partial charge on any atom is -0.379 e. The quantitative estimate of drug-likeness (QED) is 0.0263. The molecule has 1 atom stereocenters. The number of allylic oxidation sites excluding steroid dienone is 18. The lowest BCUT2D eigenvalue weighted by atomic mass is 9.72. The maximum absolute atomic E-state index is 13.5. The maximum atomic E-state index is 13.5. The molecule has 0 bridgehead atoms. The highest BCUT2D eigenvalue weighted by molar-refractivity contribution is 5.93. The van der Waals surface area contributed by atoms with Crippen molar-refractivity contribution in [2.45, 2.75) is 153 Å². The highest BCUT2D eigenvalue weighted by Gasteiger charge is 2.27. The average molecular weight is 1090 g/mol. The van der Waals surface area contributed by atoms with Gasteiger partial charge >= 0.3 is 0 Å². The molecule has 0 aromatic rings. The van der Waals surface area contributed by atoms with Crippen molar-refractivity contribution in [3.05, 3.63) is 117 Å². The van der Waals surface area contributed by atoms with E-state index in [2.05, 4.69) is 108 Å². The van der Waals surface area contributed by atoms with Crippen LogP contribution in [-0.2, 0) is 47.6 Å². The van der Waals surface area contributed by atoms with Crippen molar-refractivity contribution in [2.24, 2.45) is 10.8 Å². The highest BCUT2D eigenvalue weighted by Crippen LogP contribution is 2.42. The molecule has 0 saturated carbocycles. The first-order valence-corrected chi connectivity index (χ1v) is 28.8. The number of rotatable bonds is 40. The number of hydrogen-bond donors (Lipinski definition) is 4. The molecule has 78 heavy (non-hydrogen) atoms. The molecule has 438 valence electrons. The summed E-state index contributed by atoms with van der Waals surface area (Å²) in [5.74, 6) is -1.00. The lowest BCUT2D eigenvalue weighted by Crippen LogP contribution is -2.47. The van der Waals surface area contributed by atoms with Crippen molar-refractivity contribution < 1.29 is 47.6 Å². The Morgan fingerprint density at radius 1 is 0.526 bits per heavy atom. The third-order valence-corrected chi connectivity index (χ3v) is 13.5. The van der Waals surface area contributed by atoms with Gasteiger partial charge in [-0.2, -0.15) is 0 Å². The van der Waals surface area contributed by atoms with Crippen LogP contribution in [0.25, 0.3) is 0 Å². The topological polar surface area (TPSA) is 172 Å². The molecule has 0 heterocycles. The minimum atomic E-state index is -0.792. The van der Waals surface area contributed by atoms with Gasteiger partial charge in [0.25, 0.3) is 0 Å². The smallest absolute Gasteiger partial charge is 0.244 e. The van der Waals surface area contributed by atoms with Crippen molar-refractivity contribution in [3.63, 3.8) is 0 Å². The van der Waals surface area contributed by atoms with E-state index in [1.54, 1.807) is 6.08 Å². The molecule has 0 saturated heterocycles. The Morgan fingerprint density at radius 3 is 1.46 bits per heavy atom. The van der Waals surface area contributed by atoms with E-state index in [1.165, 1.54) is 54.1 Å². The zero-order chi connectivity index (χ0) is 57.4. The number of amides is 4. The van der Waals surface area contributed by atoms with Crippen LogP contribution in [0.4, 0.5) is 0 Å². The summed E-state index contributed by atoms with van der Waals surface area (Å²) in [5.41, 5.74) is 9.94. The van der Waals surface area contributed by atoms with Crippen LogP contribution in [0.1, 0.15) is 147 Å². The Bertz CT molecular complexity index is 2140. The van der Waals surface area contributed by atoms with Crippen LogP contribution >= 0.6 is 0 Å². The average Bonchev–Trinajstić information content (AvgIpc) is 3.39. The second-order valence-corrected chi connectivity index (χ2v) is 21.8. The molecule has 0 aliphatic heterocycles. The molecule has 0 radical (unpaired) electrons. The molecule has 14 heteroatoms. The van der Waals surface area contributed by atoms with Gasteiger partial charge in [0.1, 0.15) is 6.04 Å². The number of unbranched alkanes of at least 4 members (excludes halogenated alkanes) is 1. The molecule has 0 fully saturated rings. The minimum absolute atomic E-state index is 0.125. The summed E-state index contributed by atoms with van der Waals surface area (Å²) in [7, 11) is 0. The molecule has 4 amide bonds. The van der Waals surface area contributed by atoms with E-state index < -0.39 is 6.04 Å². The third kappa shape index (κ3) is 32.8. The molecule has 4 N–H and O–H groups in total. The van der Waals surface area contributed by atoms with Crippen LogP contribution in [0.5, 0.6) is 0 Å². The van der Waals surface area contributed by atoms with Gasteiger partial charge in [-0.3, -0.25) is 19.2 Å². The van der Waals surface area contributed by atoms with E-state index in [9.17, 15) is 19.2 Å². The van der Waals surface area contributed by atoms with Crippen molar-refractivity contribution in [3.8, 4) is 0 Å². The Kier molecular flexibility index (Phi) is 36.4. The molecule has 14 nitrogen and oxygen atoms in total. The van der Waals surface area contributed by atoms with E-state index >= 15 is 0 Å². The maximum Gasteiger partial charge on any atom is 0.244 e. The molecular weight excluding hydrogens is 985 g/mol. The summed E-state index contributed by atoms with van der Waals surface area (Å²) >= 11 is 0. The number of carbonyl (C=O) groups is 4. The van der Waals surface area contributed by atoms with Gasteiger partial charge in [0.2, 0.25) is 23.6 Å². The zero-order valence-corrected chi connectivity index (χ0v) is 50.0. The molecular formula is C64H102N4O10. The highest BCUT2D eigenvalue weighted by atomic mass is 16.6. The lowest BCUT2D eigenvalue weighted by molar-refractivity contribution is -0.127. The van der Waals surface area contributed by atoms with Crippen LogP contribution < -0.4 is 21.3 Å². The van der Waals surface area contributed by atoms with E-state index in [0.717, 1.165) is 48.2 Å². The summed E-state index contributed by atoms with van der Waals surface area (Å²) in [6.07, 6.45) is 33.6. The van der Waals surface area contributed by atoms with E-state index in [0.29, 0.717) is 98.4 Å². The SMILES string of the molecule is CCCOCCOCCOCCOCCC(=O)NCCOCCOCCNC(=O)[C@@H](CCCCNC(=O)/C=C(C)/C=C/C=C(C)/C=C/C1=C(C)CCCC1(C)C)NC(=O)/C=C(C)/C=C/C=C(C)/C=C/C1=C(C)CCCC1(C)C. The Morgan fingerprint density at radius 2 is 0.974 bits per heavy atom. The molecule has 0 aromatic heterocycles. The molecule has 0 unspecified atom stereocenters. The number of hydrogen-bond acceptors (Lipinski definition) is 10. The Hall–Kier alpha value is -4.96. The number of nitrogens with one attached hydrogen (secondary N) is 4. The Labute approximate surface area is 470 Å². The molecule has 0 aromatic carbocycles. The van der Waals surface area contributed by atoms with Gasteiger partial charge in [-0.1, -0.05) is 118 Å². The van der Waals surface area contributed by atoms with Gasteiger partial charge in [0.15, 0.2) is 0 Å². The monoisotopic (exact) mass is 1090 g/mol. The first-order valence-electron chi connectivity index (χ1n) is 28.8. The predicted molar refractivity (Wildman–Crippen MR) is 317 cm³/mol. The second kappa shape index (κ2) is 41.1. The van der Waals surface area contributed by atoms with Crippen LogP contribution in [0.15, 0.2) is 117 Å². The van der Waals surface area contributed by atoms with Gasteiger partial charge in [-0.15, -0.1) is 0 Å². The van der Waals surface area contributed by atoms with Crippen LogP contribution in [0, 0.1) is 10.8 Å². The number of carbonyl (C=O) groups excluding carboxylic acids is 4. The largest absolute Gasteiger partial charge is 0.379 e. The van der Waals surface area contributed by atoms with Crippen LogP contribution in [0.3, 0.4) is 0 Å². The fourth-order valence-corrected chi connectivity index (χ4v) is 9.11. The molecule has 2 rings (SSSR count). The third-order valence-electron chi connectivity index (χ3n) is 13.5. The van der Waals surface area contributed by atoms with Crippen molar-refractivity contribution in [1.29, 1.82) is 0 Å². The van der Waals surface area contributed by atoms with Crippen LogP contribution in [0.2, 0.25) is 0 Å². The van der Waals surface area contributed by atoms with E-state index in [-0.39, 0.29) is 54.0 Å². The first kappa shape index (κ1) is 69.1. The summed E-state index contributed by atoms with van der Waals surface area (Å²) in [6.45, 7) is 29.9. The molecule has 2 aliphatic carbocycles. The molecule has 2 aliphatic rings. The summed E-state index contributed by atoms with van der Waals surface area (Å²) in [6, 6.07) is -0.792. The van der Waals surface area contributed by atoms with Crippen molar-refractivity contribution in [2.75, 3.05) is 98.9 Å². The Balaban J connectivity index is 1.81. The summed E-state index contributed by atoms with van der Waals surface area (Å²) in [4.78, 5) is 51.6. The van der Waals surface area contributed by atoms with Crippen molar-refractivity contribution in [1.82, 2.24) is 21.3 Å². The van der Waals surface area contributed by atoms with Crippen molar-refractivity contribution >= 4 is 23.6 Å². The van der Waals surface area contributed by atoms with Gasteiger partial charge in [-0.05, 0) is 139 Å². The van der Waals surface area contributed by atoms with E-state index in [4.69, 9.17) is 28.4 Å². The fraction of sp³-hybridized carbons (Fsp3) is 0.625. The normalized spacial score (nSPS) is 17.0. The summed E-state index contributed by atoms with van der Waals surface area (Å²) in [5, 5.41) is 11.6. The summed E-state index contributed by atoms with van der Waals surface area (Å²) < 4.78 is 33.0. The fourth-order valence-electron chi connectivity index (χ4n) is 9.11. The lowest BCUT2D eigenvalue weighted by Gasteiger charge is -2.33. The van der Waals surface area contributed by atoms with Gasteiger partial charge in [-0.25, -0.2) is 0 Å². The standard InChI is InChI=1S/C64H102N4O10/c1-12-36-73-40-44-77-46-47-78-45-41-74-37-30-59(69)66-34-38-75-42-43-76-39-35-67-62(72)58(68-61(71)49-53(5)22-16-20-51(3)27-29-57-55(7)24-18-32-64(57,10)11)25-13-14-33-65-60(70)48-52(4)21-15-19-50(2)26-28-56-54(6)23-17-31-63(56,8)9/h15-16,19-22,26-29,48-49,58H,12-14,17-18,23-25,30-47H2,1-11H3,(H,65,70)(H,66,69)(H,67,72)(H,68,71)/b21-15+,22-16+,28-26+,29-27+,50-19+,51-20+,52-48+,53-49+/t58-/m1/s1.